The highest BCUT2D eigenvalue weighted by Gasteiger charge is 2.22. The zero-order valence-corrected chi connectivity index (χ0v) is 12.7. The number of nitrogens with zero attached hydrogens (tertiary/aromatic N) is 1. The molecule has 0 spiro atoms. The van der Waals surface area contributed by atoms with E-state index in [0.717, 1.165) is 24.8 Å². The van der Waals surface area contributed by atoms with Crippen LogP contribution in [0.3, 0.4) is 0 Å². The number of benzene rings is 1. The van der Waals surface area contributed by atoms with Crippen molar-refractivity contribution in [3.63, 3.8) is 0 Å². The van der Waals surface area contributed by atoms with Crippen LogP contribution in [0, 0.1) is 11.8 Å². The fourth-order valence-electron chi connectivity index (χ4n) is 2.78. The predicted molar refractivity (Wildman–Crippen MR) is 83.8 cm³/mol. The Bertz CT molecular complexity index is 387. The van der Waals surface area contributed by atoms with Gasteiger partial charge in [-0.15, -0.1) is 0 Å². The Kier molecular flexibility index (Phi) is 5.26. The topological polar surface area (TPSA) is 15.3 Å². The van der Waals surface area contributed by atoms with E-state index in [0.29, 0.717) is 0 Å². The molecule has 1 atom stereocenters. The number of anilines is 1. The lowest BCUT2D eigenvalue weighted by atomic mass is 10.1. The maximum Gasteiger partial charge on any atom is 0.0369 e. The van der Waals surface area contributed by atoms with Crippen molar-refractivity contribution in [2.45, 2.75) is 33.6 Å². The van der Waals surface area contributed by atoms with Gasteiger partial charge in [0.1, 0.15) is 0 Å². The molecule has 2 nitrogen and oxygen atoms in total. The van der Waals surface area contributed by atoms with Gasteiger partial charge in [-0.1, -0.05) is 32.9 Å². The molecule has 0 amide bonds. The highest BCUT2D eigenvalue weighted by molar-refractivity contribution is 5.49. The fourth-order valence-corrected chi connectivity index (χ4v) is 2.78. The van der Waals surface area contributed by atoms with Crippen LogP contribution in [0.5, 0.6) is 0 Å². The monoisotopic (exact) mass is 260 g/mol. The first-order valence-electron chi connectivity index (χ1n) is 7.73. The van der Waals surface area contributed by atoms with E-state index in [1.165, 1.54) is 37.3 Å². The Morgan fingerprint density at radius 3 is 2.95 bits per heavy atom. The van der Waals surface area contributed by atoms with Crippen LogP contribution in [0.15, 0.2) is 24.3 Å². The standard InChI is InChI=1S/C17H28N2/c1-4-15-6-5-7-17(10-15)19-9-8-16(13-19)12-18-11-14(2)3/h5-7,10,14,16,18H,4,8-9,11-13H2,1-3H3. The molecule has 0 bridgehead atoms. The van der Waals surface area contributed by atoms with Crippen LogP contribution in [0.2, 0.25) is 0 Å². The molecule has 0 radical (unpaired) electrons. The van der Waals surface area contributed by atoms with E-state index in [1.807, 2.05) is 0 Å². The predicted octanol–water partition coefficient (Wildman–Crippen LogP) is 3.32. The number of aryl methyl sites for hydroxylation is 1. The highest BCUT2D eigenvalue weighted by Crippen LogP contribution is 2.24. The van der Waals surface area contributed by atoms with Crippen LogP contribution in [0.4, 0.5) is 5.69 Å². The second-order valence-corrected chi connectivity index (χ2v) is 6.18. The van der Waals surface area contributed by atoms with Gasteiger partial charge in [-0.25, -0.2) is 0 Å². The van der Waals surface area contributed by atoms with Crippen LogP contribution < -0.4 is 10.2 Å². The van der Waals surface area contributed by atoms with Crippen molar-refractivity contribution in [3.8, 4) is 0 Å². The largest absolute Gasteiger partial charge is 0.371 e. The average molecular weight is 260 g/mol. The Balaban J connectivity index is 1.83. The van der Waals surface area contributed by atoms with E-state index >= 15 is 0 Å². The van der Waals surface area contributed by atoms with E-state index in [1.54, 1.807) is 0 Å². The number of nitrogens with one attached hydrogen (secondary N) is 1. The van der Waals surface area contributed by atoms with Gasteiger partial charge in [0, 0.05) is 18.8 Å². The van der Waals surface area contributed by atoms with Gasteiger partial charge in [-0.2, -0.15) is 0 Å². The summed E-state index contributed by atoms with van der Waals surface area (Å²) in [6.45, 7) is 11.5. The molecule has 1 aromatic rings. The van der Waals surface area contributed by atoms with Gasteiger partial charge < -0.3 is 10.2 Å². The summed E-state index contributed by atoms with van der Waals surface area (Å²) in [7, 11) is 0. The van der Waals surface area contributed by atoms with E-state index in [-0.39, 0.29) is 0 Å². The summed E-state index contributed by atoms with van der Waals surface area (Å²) in [6, 6.07) is 9.02. The van der Waals surface area contributed by atoms with Crippen molar-refractivity contribution < 1.29 is 0 Å². The second-order valence-electron chi connectivity index (χ2n) is 6.18. The van der Waals surface area contributed by atoms with Gasteiger partial charge in [0.2, 0.25) is 0 Å². The van der Waals surface area contributed by atoms with Gasteiger partial charge in [-0.3, -0.25) is 0 Å². The molecule has 1 saturated heterocycles. The fraction of sp³-hybridized carbons (Fsp3) is 0.647. The molecule has 1 fully saturated rings. The number of hydrogen-bond donors (Lipinski definition) is 1. The summed E-state index contributed by atoms with van der Waals surface area (Å²) in [4.78, 5) is 2.54. The normalized spacial score (nSPS) is 19.4. The third-order valence-corrected chi connectivity index (χ3v) is 3.96. The minimum Gasteiger partial charge on any atom is -0.371 e. The van der Waals surface area contributed by atoms with Gasteiger partial charge >= 0.3 is 0 Å². The summed E-state index contributed by atoms with van der Waals surface area (Å²) in [6.07, 6.45) is 2.45. The number of rotatable bonds is 6. The van der Waals surface area contributed by atoms with Crippen LogP contribution >= 0.6 is 0 Å². The summed E-state index contributed by atoms with van der Waals surface area (Å²) >= 11 is 0. The first-order valence-corrected chi connectivity index (χ1v) is 7.73. The quantitative estimate of drug-likeness (QED) is 0.844. The molecule has 2 rings (SSSR count). The van der Waals surface area contributed by atoms with Gasteiger partial charge in [0.15, 0.2) is 0 Å². The summed E-state index contributed by atoms with van der Waals surface area (Å²) in [5.41, 5.74) is 2.85. The molecule has 1 N–H and O–H groups in total. The smallest absolute Gasteiger partial charge is 0.0369 e. The zero-order valence-electron chi connectivity index (χ0n) is 12.7. The molecule has 2 heteroatoms. The molecular formula is C17H28N2. The third-order valence-electron chi connectivity index (χ3n) is 3.96. The average Bonchev–Trinajstić information content (AvgIpc) is 2.87. The highest BCUT2D eigenvalue weighted by atomic mass is 15.2. The molecule has 1 aliphatic heterocycles. The van der Waals surface area contributed by atoms with Crippen molar-refractivity contribution in [2.75, 3.05) is 31.1 Å². The van der Waals surface area contributed by atoms with E-state index in [2.05, 4.69) is 55.3 Å². The Hall–Kier alpha value is -1.02. The lowest BCUT2D eigenvalue weighted by Gasteiger charge is -2.20. The molecule has 1 unspecified atom stereocenters. The molecule has 106 valence electrons. The molecule has 0 saturated carbocycles. The maximum absolute atomic E-state index is 3.59. The van der Waals surface area contributed by atoms with Crippen molar-refractivity contribution in [2.24, 2.45) is 11.8 Å². The summed E-state index contributed by atoms with van der Waals surface area (Å²) < 4.78 is 0. The first kappa shape index (κ1) is 14.4. The van der Waals surface area contributed by atoms with Crippen LogP contribution in [-0.2, 0) is 6.42 Å². The van der Waals surface area contributed by atoms with E-state index in [4.69, 9.17) is 0 Å². The molecule has 1 aliphatic rings. The van der Waals surface area contributed by atoms with E-state index in [9.17, 15) is 0 Å². The summed E-state index contributed by atoms with van der Waals surface area (Å²) in [5.74, 6) is 1.56. The van der Waals surface area contributed by atoms with E-state index < -0.39 is 0 Å². The van der Waals surface area contributed by atoms with Crippen LogP contribution in [0.25, 0.3) is 0 Å². The molecular weight excluding hydrogens is 232 g/mol. The van der Waals surface area contributed by atoms with Crippen molar-refractivity contribution in [1.82, 2.24) is 5.32 Å². The maximum atomic E-state index is 3.59. The minimum atomic E-state index is 0.749. The van der Waals surface area contributed by atoms with Gasteiger partial charge in [0.05, 0.1) is 0 Å². The lowest BCUT2D eigenvalue weighted by Crippen LogP contribution is -2.28. The minimum absolute atomic E-state index is 0.749. The third kappa shape index (κ3) is 4.24. The van der Waals surface area contributed by atoms with Crippen molar-refractivity contribution in [3.05, 3.63) is 29.8 Å². The Morgan fingerprint density at radius 2 is 2.21 bits per heavy atom. The van der Waals surface area contributed by atoms with Crippen LogP contribution in [-0.4, -0.2) is 26.2 Å². The Labute approximate surface area is 118 Å². The zero-order chi connectivity index (χ0) is 13.7. The molecule has 1 aromatic carbocycles. The summed E-state index contributed by atoms with van der Waals surface area (Å²) in [5, 5.41) is 3.59. The van der Waals surface area contributed by atoms with Gasteiger partial charge in [0.25, 0.3) is 0 Å². The van der Waals surface area contributed by atoms with Crippen LogP contribution in [0.1, 0.15) is 32.8 Å². The molecule has 1 heterocycles. The van der Waals surface area contributed by atoms with Crippen molar-refractivity contribution >= 4 is 5.69 Å². The lowest BCUT2D eigenvalue weighted by molar-refractivity contribution is 0.477. The SMILES string of the molecule is CCc1cccc(N2CCC(CNCC(C)C)C2)c1. The van der Waals surface area contributed by atoms with Crippen molar-refractivity contribution in [1.29, 1.82) is 0 Å². The Morgan fingerprint density at radius 1 is 1.37 bits per heavy atom. The molecule has 0 aliphatic carbocycles. The number of hydrogen-bond acceptors (Lipinski definition) is 2. The molecule has 19 heavy (non-hydrogen) atoms. The van der Waals surface area contributed by atoms with Gasteiger partial charge in [-0.05, 0) is 55.5 Å². The second kappa shape index (κ2) is 6.95. The first-order chi connectivity index (χ1) is 9.19. The molecule has 0 aromatic heterocycles.